The minimum atomic E-state index is 0.561. The maximum Gasteiger partial charge on any atom is 0.0700 e. The summed E-state index contributed by atoms with van der Waals surface area (Å²) in [6, 6.07) is 0.561. The first-order valence-corrected chi connectivity index (χ1v) is 5.79. The molecule has 13 heavy (non-hydrogen) atoms. The fraction of sp³-hybridized carbons (Fsp3) is 1.00. The molecule has 0 aromatic carbocycles. The maximum atomic E-state index is 5.30. The number of ether oxygens (including phenoxy) is 2. The van der Waals surface area contributed by atoms with Gasteiger partial charge < -0.3 is 14.8 Å². The molecule has 1 N–H and O–H groups in total. The molecule has 0 aromatic rings. The van der Waals surface area contributed by atoms with Crippen LogP contribution in [-0.2, 0) is 9.47 Å². The molecule has 0 spiro atoms. The first-order chi connectivity index (χ1) is 6.31. The van der Waals surface area contributed by atoms with Gasteiger partial charge in [0.15, 0.2) is 0 Å². The number of halogens is 1. The van der Waals surface area contributed by atoms with Crippen molar-refractivity contribution in [3.63, 3.8) is 0 Å². The predicted octanol–water partition coefficient (Wildman–Crippen LogP) is 1.41. The molecule has 0 saturated carbocycles. The second-order valence-electron chi connectivity index (χ2n) is 2.94. The van der Waals surface area contributed by atoms with Crippen LogP contribution in [0.25, 0.3) is 0 Å². The fourth-order valence-electron chi connectivity index (χ4n) is 0.888. The lowest BCUT2D eigenvalue weighted by Gasteiger charge is -2.11. The van der Waals surface area contributed by atoms with Gasteiger partial charge in [-0.25, -0.2) is 0 Å². The molecule has 1 atom stereocenters. The molecule has 0 aromatic heterocycles. The molecule has 4 heteroatoms. The summed E-state index contributed by atoms with van der Waals surface area (Å²) in [5.41, 5.74) is 0. The monoisotopic (exact) mass is 253 g/mol. The van der Waals surface area contributed by atoms with Gasteiger partial charge in [-0.1, -0.05) is 15.9 Å². The third-order valence-corrected chi connectivity index (χ3v) is 2.17. The van der Waals surface area contributed by atoms with Crippen molar-refractivity contribution in [1.82, 2.24) is 5.32 Å². The molecule has 0 radical (unpaired) electrons. The van der Waals surface area contributed by atoms with E-state index in [4.69, 9.17) is 9.47 Å². The fourth-order valence-corrected chi connectivity index (χ4v) is 1.57. The van der Waals surface area contributed by atoms with Gasteiger partial charge in [0.1, 0.15) is 0 Å². The van der Waals surface area contributed by atoms with E-state index in [9.17, 15) is 0 Å². The third-order valence-electron chi connectivity index (χ3n) is 1.71. The Balaban J connectivity index is 2.97. The Bertz CT molecular complexity index is 104. The van der Waals surface area contributed by atoms with Crippen LogP contribution in [-0.4, -0.2) is 44.8 Å². The summed E-state index contributed by atoms with van der Waals surface area (Å²) in [4.78, 5) is 0. The molecular weight excluding hydrogens is 234 g/mol. The number of methoxy groups -OCH3 is 1. The SMILES string of the molecule is COCCOCCNC(C)CCBr. The van der Waals surface area contributed by atoms with E-state index in [1.165, 1.54) is 0 Å². The first kappa shape index (κ1) is 13.4. The molecule has 0 aliphatic rings. The van der Waals surface area contributed by atoms with Crippen molar-refractivity contribution >= 4 is 15.9 Å². The predicted molar refractivity (Wildman–Crippen MR) is 58.6 cm³/mol. The second-order valence-corrected chi connectivity index (χ2v) is 3.73. The van der Waals surface area contributed by atoms with Crippen LogP contribution in [0.15, 0.2) is 0 Å². The number of alkyl halides is 1. The Morgan fingerprint density at radius 1 is 1.31 bits per heavy atom. The summed E-state index contributed by atoms with van der Waals surface area (Å²) in [7, 11) is 1.68. The second kappa shape index (κ2) is 10.4. The lowest BCUT2D eigenvalue weighted by Crippen LogP contribution is -2.29. The molecular formula is C9H20BrNO2. The lowest BCUT2D eigenvalue weighted by atomic mass is 10.3. The molecule has 0 saturated heterocycles. The summed E-state index contributed by atoms with van der Waals surface area (Å²) >= 11 is 3.41. The molecule has 0 aliphatic heterocycles. The topological polar surface area (TPSA) is 30.5 Å². The highest BCUT2D eigenvalue weighted by Crippen LogP contribution is 1.93. The van der Waals surface area contributed by atoms with Gasteiger partial charge in [0.25, 0.3) is 0 Å². The zero-order valence-electron chi connectivity index (χ0n) is 8.51. The van der Waals surface area contributed by atoms with Crippen LogP contribution in [0.4, 0.5) is 0 Å². The Kier molecular flexibility index (Phi) is 10.7. The normalized spacial score (nSPS) is 13.2. The van der Waals surface area contributed by atoms with E-state index in [0.717, 1.165) is 24.9 Å². The minimum absolute atomic E-state index is 0.561. The molecule has 0 fully saturated rings. The van der Waals surface area contributed by atoms with Crippen molar-refractivity contribution in [3.05, 3.63) is 0 Å². The van der Waals surface area contributed by atoms with E-state index in [1.807, 2.05) is 0 Å². The van der Waals surface area contributed by atoms with Crippen LogP contribution < -0.4 is 5.32 Å². The van der Waals surface area contributed by atoms with Crippen LogP contribution >= 0.6 is 15.9 Å². The van der Waals surface area contributed by atoms with E-state index in [2.05, 4.69) is 28.2 Å². The van der Waals surface area contributed by atoms with Gasteiger partial charge >= 0.3 is 0 Å². The summed E-state index contributed by atoms with van der Waals surface area (Å²) in [5.74, 6) is 0. The van der Waals surface area contributed by atoms with Crippen molar-refractivity contribution in [2.45, 2.75) is 19.4 Å². The summed E-state index contributed by atoms with van der Waals surface area (Å²) in [5, 5.41) is 4.41. The van der Waals surface area contributed by atoms with Crippen LogP contribution in [0.5, 0.6) is 0 Å². The maximum absolute atomic E-state index is 5.30. The number of hydrogen-bond donors (Lipinski definition) is 1. The molecule has 0 rings (SSSR count). The Morgan fingerprint density at radius 3 is 2.69 bits per heavy atom. The molecule has 1 unspecified atom stereocenters. The number of nitrogens with one attached hydrogen (secondary N) is 1. The van der Waals surface area contributed by atoms with Crippen LogP contribution in [0.3, 0.4) is 0 Å². The molecule has 80 valence electrons. The molecule has 3 nitrogen and oxygen atoms in total. The zero-order chi connectivity index (χ0) is 9.94. The van der Waals surface area contributed by atoms with E-state index in [-0.39, 0.29) is 0 Å². The number of hydrogen-bond acceptors (Lipinski definition) is 3. The van der Waals surface area contributed by atoms with Gasteiger partial charge in [0, 0.05) is 25.0 Å². The Labute approximate surface area is 89.3 Å². The van der Waals surface area contributed by atoms with Gasteiger partial charge in [-0.2, -0.15) is 0 Å². The van der Waals surface area contributed by atoms with Crippen LogP contribution in [0.1, 0.15) is 13.3 Å². The largest absolute Gasteiger partial charge is 0.382 e. The first-order valence-electron chi connectivity index (χ1n) is 4.67. The van der Waals surface area contributed by atoms with E-state index in [1.54, 1.807) is 7.11 Å². The Morgan fingerprint density at radius 2 is 2.08 bits per heavy atom. The summed E-state index contributed by atoms with van der Waals surface area (Å²) < 4.78 is 10.2. The summed E-state index contributed by atoms with van der Waals surface area (Å²) in [6.45, 7) is 5.21. The van der Waals surface area contributed by atoms with Gasteiger partial charge in [0.2, 0.25) is 0 Å². The highest BCUT2D eigenvalue weighted by Gasteiger charge is 1.98. The zero-order valence-corrected chi connectivity index (χ0v) is 10.1. The molecule has 0 amide bonds. The summed E-state index contributed by atoms with van der Waals surface area (Å²) in [6.07, 6.45) is 1.15. The average Bonchev–Trinajstić information content (AvgIpc) is 2.11. The van der Waals surface area contributed by atoms with Crippen molar-refractivity contribution in [2.75, 3.05) is 38.8 Å². The van der Waals surface area contributed by atoms with Crippen molar-refractivity contribution in [1.29, 1.82) is 0 Å². The molecule has 0 heterocycles. The number of rotatable bonds is 9. The standard InChI is InChI=1S/C9H20BrNO2/c1-9(3-4-10)11-5-6-13-8-7-12-2/h9,11H,3-8H2,1-2H3. The third kappa shape index (κ3) is 10.3. The van der Waals surface area contributed by atoms with Crippen molar-refractivity contribution in [2.24, 2.45) is 0 Å². The molecule has 0 bridgehead atoms. The van der Waals surface area contributed by atoms with Gasteiger partial charge in [-0.15, -0.1) is 0 Å². The van der Waals surface area contributed by atoms with E-state index >= 15 is 0 Å². The highest BCUT2D eigenvalue weighted by molar-refractivity contribution is 9.09. The van der Waals surface area contributed by atoms with E-state index in [0.29, 0.717) is 19.3 Å². The smallest absolute Gasteiger partial charge is 0.0700 e. The van der Waals surface area contributed by atoms with Crippen LogP contribution in [0, 0.1) is 0 Å². The van der Waals surface area contributed by atoms with Gasteiger partial charge in [-0.05, 0) is 13.3 Å². The van der Waals surface area contributed by atoms with Crippen molar-refractivity contribution < 1.29 is 9.47 Å². The quantitative estimate of drug-likeness (QED) is 0.498. The van der Waals surface area contributed by atoms with Crippen molar-refractivity contribution in [3.8, 4) is 0 Å². The van der Waals surface area contributed by atoms with Gasteiger partial charge in [0.05, 0.1) is 19.8 Å². The average molecular weight is 254 g/mol. The van der Waals surface area contributed by atoms with E-state index < -0.39 is 0 Å². The van der Waals surface area contributed by atoms with Crippen LogP contribution in [0.2, 0.25) is 0 Å². The highest BCUT2D eigenvalue weighted by atomic mass is 79.9. The van der Waals surface area contributed by atoms with Gasteiger partial charge in [-0.3, -0.25) is 0 Å². The lowest BCUT2D eigenvalue weighted by molar-refractivity contribution is 0.0712. The Hall–Kier alpha value is 0.360. The minimum Gasteiger partial charge on any atom is -0.382 e. The molecule has 0 aliphatic carbocycles.